The SMILES string of the molecule is COC(=O)C1=Cc2ccccc2OCC1. The lowest BCUT2D eigenvalue weighted by atomic mass is 10.1. The summed E-state index contributed by atoms with van der Waals surface area (Å²) in [6.45, 7) is 0.512. The molecule has 0 radical (unpaired) electrons. The fourth-order valence-electron chi connectivity index (χ4n) is 1.55. The van der Waals surface area contributed by atoms with Crippen molar-refractivity contribution < 1.29 is 14.3 Å². The van der Waals surface area contributed by atoms with Gasteiger partial charge in [-0.1, -0.05) is 18.2 Å². The zero-order valence-corrected chi connectivity index (χ0v) is 8.53. The predicted molar refractivity (Wildman–Crippen MR) is 56.5 cm³/mol. The van der Waals surface area contributed by atoms with E-state index in [0.717, 1.165) is 11.3 Å². The zero-order chi connectivity index (χ0) is 10.7. The van der Waals surface area contributed by atoms with E-state index in [0.29, 0.717) is 18.6 Å². The molecule has 1 heterocycles. The van der Waals surface area contributed by atoms with Crippen molar-refractivity contribution in [2.24, 2.45) is 0 Å². The highest BCUT2D eigenvalue weighted by Gasteiger charge is 2.14. The first-order valence-corrected chi connectivity index (χ1v) is 4.82. The quantitative estimate of drug-likeness (QED) is 0.656. The molecule has 0 spiro atoms. The summed E-state index contributed by atoms with van der Waals surface area (Å²) < 4.78 is 10.2. The molecular weight excluding hydrogens is 192 g/mol. The smallest absolute Gasteiger partial charge is 0.333 e. The second kappa shape index (κ2) is 4.17. The van der Waals surface area contributed by atoms with Crippen molar-refractivity contribution in [1.82, 2.24) is 0 Å². The van der Waals surface area contributed by atoms with Gasteiger partial charge in [-0.2, -0.15) is 0 Å². The van der Waals surface area contributed by atoms with Gasteiger partial charge >= 0.3 is 5.97 Å². The molecule has 78 valence electrons. The maximum atomic E-state index is 11.4. The number of para-hydroxylation sites is 1. The molecule has 0 atom stereocenters. The molecule has 1 aromatic carbocycles. The Balaban J connectivity index is 2.38. The lowest BCUT2D eigenvalue weighted by molar-refractivity contribution is -0.136. The molecular formula is C12H12O3. The van der Waals surface area contributed by atoms with Crippen LogP contribution in [-0.4, -0.2) is 19.7 Å². The summed E-state index contributed by atoms with van der Waals surface area (Å²) in [5.41, 5.74) is 1.58. The molecule has 0 bridgehead atoms. The molecule has 0 amide bonds. The molecule has 1 aliphatic heterocycles. The average molecular weight is 204 g/mol. The highest BCUT2D eigenvalue weighted by molar-refractivity contribution is 5.94. The molecule has 0 aromatic heterocycles. The highest BCUT2D eigenvalue weighted by Crippen LogP contribution is 2.25. The van der Waals surface area contributed by atoms with Crippen molar-refractivity contribution >= 4 is 12.0 Å². The first-order chi connectivity index (χ1) is 7.31. The Morgan fingerprint density at radius 3 is 3.00 bits per heavy atom. The van der Waals surface area contributed by atoms with Crippen LogP contribution in [-0.2, 0) is 9.53 Å². The third kappa shape index (κ3) is 2.01. The van der Waals surface area contributed by atoms with Crippen LogP contribution in [0.2, 0.25) is 0 Å². The van der Waals surface area contributed by atoms with Gasteiger partial charge in [-0.25, -0.2) is 4.79 Å². The van der Waals surface area contributed by atoms with Gasteiger partial charge in [0.1, 0.15) is 5.75 Å². The van der Waals surface area contributed by atoms with Gasteiger partial charge < -0.3 is 9.47 Å². The number of esters is 1. The molecule has 0 saturated heterocycles. The van der Waals surface area contributed by atoms with Gasteiger partial charge in [0.05, 0.1) is 13.7 Å². The van der Waals surface area contributed by atoms with Crippen molar-refractivity contribution in [2.75, 3.05) is 13.7 Å². The fourth-order valence-corrected chi connectivity index (χ4v) is 1.55. The summed E-state index contributed by atoms with van der Waals surface area (Å²) in [5.74, 6) is 0.534. The van der Waals surface area contributed by atoms with E-state index in [2.05, 4.69) is 0 Å². The Morgan fingerprint density at radius 1 is 1.40 bits per heavy atom. The first kappa shape index (κ1) is 9.77. The van der Waals surface area contributed by atoms with E-state index >= 15 is 0 Å². The average Bonchev–Trinajstić information content (AvgIpc) is 2.49. The number of ether oxygens (including phenoxy) is 2. The Bertz CT molecular complexity index is 407. The van der Waals surface area contributed by atoms with E-state index in [-0.39, 0.29) is 5.97 Å². The number of hydrogen-bond donors (Lipinski definition) is 0. The summed E-state index contributed by atoms with van der Waals surface area (Å²) in [6.07, 6.45) is 2.41. The molecule has 0 fully saturated rings. The number of benzene rings is 1. The van der Waals surface area contributed by atoms with Crippen LogP contribution in [0.1, 0.15) is 12.0 Å². The van der Waals surface area contributed by atoms with Gasteiger partial charge in [-0.05, 0) is 12.1 Å². The van der Waals surface area contributed by atoms with Crippen molar-refractivity contribution in [3.8, 4) is 5.75 Å². The van der Waals surface area contributed by atoms with Crippen molar-refractivity contribution in [3.63, 3.8) is 0 Å². The molecule has 3 nitrogen and oxygen atoms in total. The standard InChI is InChI=1S/C12H12O3/c1-14-12(13)10-6-7-15-11-5-3-2-4-9(11)8-10/h2-5,8H,6-7H2,1H3. The molecule has 3 heteroatoms. The van der Waals surface area contributed by atoms with Crippen LogP contribution in [0.4, 0.5) is 0 Å². The van der Waals surface area contributed by atoms with Crippen molar-refractivity contribution in [1.29, 1.82) is 0 Å². The van der Waals surface area contributed by atoms with E-state index in [1.807, 2.05) is 30.3 Å². The number of carbonyl (C=O) groups excluding carboxylic acids is 1. The van der Waals surface area contributed by atoms with Crippen LogP contribution in [0.25, 0.3) is 6.08 Å². The number of rotatable bonds is 1. The Labute approximate surface area is 88.3 Å². The van der Waals surface area contributed by atoms with E-state index in [4.69, 9.17) is 9.47 Å². The minimum atomic E-state index is -0.282. The van der Waals surface area contributed by atoms with Gasteiger partial charge in [-0.3, -0.25) is 0 Å². The topological polar surface area (TPSA) is 35.5 Å². The van der Waals surface area contributed by atoms with Crippen LogP contribution in [0.3, 0.4) is 0 Å². The molecule has 0 aliphatic carbocycles. The van der Waals surface area contributed by atoms with Crippen LogP contribution in [0.5, 0.6) is 5.75 Å². The second-order valence-corrected chi connectivity index (χ2v) is 3.30. The van der Waals surface area contributed by atoms with Gasteiger partial charge in [0.15, 0.2) is 0 Å². The maximum Gasteiger partial charge on any atom is 0.333 e. The van der Waals surface area contributed by atoms with Crippen LogP contribution >= 0.6 is 0 Å². The monoisotopic (exact) mass is 204 g/mol. The molecule has 0 unspecified atom stereocenters. The number of hydrogen-bond acceptors (Lipinski definition) is 3. The normalized spacial score (nSPS) is 14.3. The molecule has 2 rings (SSSR count). The van der Waals surface area contributed by atoms with Gasteiger partial charge in [0, 0.05) is 17.6 Å². The highest BCUT2D eigenvalue weighted by atomic mass is 16.5. The molecule has 0 saturated carbocycles. The molecule has 0 N–H and O–H groups in total. The van der Waals surface area contributed by atoms with Crippen LogP contribution in [0, 0.1) is 0 Å². The fraction of sp³-hybridized carbons (Fsp3) is 0.250. The lowest BCUT2D eigenvalue weighted by Gasteiger charge is -2.04. The Kier molecular flexibility index (Phi) is 2.72. The first-order valence-electron chi connectivity index (χ1n) is 4.82. The summed E-state index contributed by atoms with van der Waals surface area (Å²) in [7, 11) is 1.39. The van der Waals surface area contributed by atoms with E-state index in [1.165, 1.54) is 7.11 Å². The van der Waals surface area contributed by atoms with Crippen LogP contribution < -0.4 is 4.74 Å². The third-order valence-electron chi connectivity index (χ3n) is 2.33. The molecule has 15 heavy (non-hydrogen) atoms. The summed E-state index contributed by atoms with van der Waals surface area (Å²) >= 11 is 0. The zero-order valence-electron chi connectivity index (χ0n) is 8.53. The van der Waals surface area contributed by atoms with Crippen molar-refractivity contribution in [3.05, 3.63) is 35.4 Å². The lowest BCUT2D eigenvalue weighted by Crippen LogP contribution is -2.06. The maximum absolute atomic E-state index is 11.4. The van der Waals surface area contributed by atoms with Crippen LogP contribution in [0.15, 0.2) is 29.8 Å². The largest absolute Gasteiger partial charge is 0.493 e. The van der Waals surface area contributed by atoms with Crippen molar-refractivity contribution in [2.45, 2.75) is 6.42 Å². The Morgan fingerprint density at radius 2 is 2.20 bits per heavy atom. The Hall–Kier alpha value is -1.77. The molecule has 1 aliphatic rings. The minimum absolute atomic E-state index is 0.282. The number of fused-ring (bicyclic) bond motifs is 1. The minimum Gasteiger partial charge on any atom is -0.493 e. The van der Waals surface area contributed by atoms with E-state index in [9.17, 15) is 4.79 Å². The summed E-state index contributed by atoms with van der Waals surface area (Å²) in [6, 6.07) is 7.64. The van der Waals surface area contributed by atoms with Gasteiger partial charge in [-0.15, -0.1) is 0 Å². The second-order valence-electron chi connectivity index (χ2n) is 3.30. The van der Waals surface area contributed by atoms with Gasteiger partial charge in [0.2, 0.25) is 0 Å². The predicted octanol–water partition coefficient (Wildman–Crippen LogP) is 2.03. The summed E-state index contributed by atoms with van der Waals surface area (Å²) in [5, 5.41) is 0. The number of carbonyl (C=O) groups is 1. The molecule has 1 aromatic rings. The van der Waals surface area contributed by atoms with E-state index < -0.39 is 0 Å². The van der Waals surface area contributed by atoms with E-state index in [1.54, 1.807) is 0 Å². The number of methoxy groups -OCH3 is 1. The van der Waals surface area contributed by atoms with Gasteiger partial charge in [0.25, 0.3) is 0 Å². The third-order valence-corrected chi connectivity index (χ3v) is 2.33. The summed E-state index contributed by atoms with van der Waals surface area (Å²) in [4.78, 5) is 11.4.